The van der Waals surface area contributed by atoms with E-state index in [-0.39, 0.29) is 0 Å². The average molecular weight is 294 g/mol. The number of rotatable bonds is 2. The van der Waals surface area contributed by atoms with Gasteiger partial charge in [-0.15, -0.1) is 0 Å². The van der Waals surface area contributed by atoms with Crippen LogP contribution in [0.4, 0.5) is 5.82 Å². The fourth-order valence-corrected chi connectivity index (χ4v) is 3.10. The summed E-state index contributed by atoms with van der Waals surface area (Å²) in [6, 6.07) is 2.40. The molecule has 4 rings (SSSR count). The molecule has 112 valence electrons. The molecular formula is C16H18N6. The van der Waals surface area contributed by atoms with Crippen molar-refractivity contribution in [1.29, 1.82) is 0 Å². The molecule has 0 radical (unpaired) electrons. The Morgan fingerprint density at radius 1 is 1.18 bits per heavy atom. The van der Waals surface area contributed by atoms with E-state index < -0.39 is 0 Å². The second-order valence-electron chi connectivity index (χ2n) is 5.87. The monoisotopic (exact) mass is 294 g/mol. The molecule has 4 heterocycles. The first-order valence-corrected chi connectivity index (χ1v) is 7.55. The molecule has 0 amide bonds. The van der Waals surface area contributed by atoms with Crippen molar-refractivity contribution >= 4 is 16.7 Å². The van der Waals surface area contributed by atoms with E-state index in [9.17, 15) is 0 Å². The maximum absolute atomic E-state index is 4.67. The van der Waals surface area contributed by atoms with Crippen LogP contribution in [0, 0.1) is 13.8 Å². The number of pyridine rings is 1. The summed E-state index contributed by atoms with van der Waals surface area (Å²) in [5.74, 6) is 1.80. The number of hydrogen-bond donors (Lipinski definition) is 0. The lowest BCUT2D eigenvalue weighted by Gasteiger charge is -2.19. The average Bonchev–Trinajstić information content (AvgIpc) is 3.15. The third-order valence-electron chi connectivity index (χ3n) is 4.16. The minimum Gasteiger partial charge on any atom is -0.354 e. The molecule has 1 saturated heterocycles. The Bertz CT molecular complexity index is 824. The van der Waals surface area contributed by atoms with Gasteiger partial charge in [-0.05, 0) is 31.9 Å². The number of aromatic nitrogens is 5. The van der Waals surface area contributed by atoms with Crippen molar-refractivity contribution in [3.05, 3.63) is 42.2 Å². The first-order valence-electron chi connectivity index (χ1n) is 7.55. The molecule has 1 atom stereocenters. The summed E-state index contributed by atoms with van der Waals surface area (Å²) >= 11 is 0. The van der Waals surface area contributed by atoms with Crippen LogP contribution < -0.4 is 4.90 Å². The molecular weight excluding hydrogens is 276 g/mol. The summed E-state index contributed by atoms with van der Waals surface area (Å²) in [6.45, 7) is 5.91. The summed E-state index contributed by atoms with van der Waals surface area (Å²) in [5, 5.41) is 5.52. The lowest BCUT2D eigenvalue weighted by Crippen LogP contribution is -2.23. The van der Waals surface area contributed by atoms with Gasteiger partial charge in [0, 0.05) is 30.9 Å². The molecule has 0 aromatic carbocycles. The topological polar surface area (TPSA) is 59.7 Å². The van der Waals surface area contributed by atoms with Crippen LogP contribution in [-0.4, -0.2) is 37.8 Å². The number of hydrogen-bond acceptors (Lipinski definition) is 5. The van der Waals surface area contributed by atoms with E-state index in [0.29, 0.717) is 6.04 Å². The number of nitrogens with zero attached hydrogens (tertiary/aromatic N) is 6. The number of fused-ring (bicyclic) bond motifs is 1. The molecule has 6 heteroatoms. The molecule has 0 bridgehead atoms. The van der Waals surface area contributed by atoms with Crippen molar-refractivity contribution in [2.24, 2.45) is 0 Å². The van der Waals surface area contributed by atoms with Crippen LogP contribution in [-0.2, 0) is 0 Å². The smallest absolute Gasteiger partial charge is 0.140 e. The predicted octanol–water partition coefficient (Wildman–Crippen LogP) is 2.29. The molecule has 0 saturated carbocycles. The van der Waals surface area contributed by atoms with Crippen LogP contribution in [0.1, 0.15) is 23.9 Å². The van der Waals surface area contributed by atoms with Crippen LogP contribution in [0.5, 0.6) is 0 Å². The summed E-state index contributed by atoms with van der Waals surface area (Å²) in [5.41, 5.74) is 2.11. The largest absolute Gasteiger partial charge is 0.354 e. The molecule has 0 N–H and O–H groups in total. The van der Waals surface area contributed by atoms with Gasteiger partial charge in [0.15, 0.2) is 0 Å². The van der Waals surface area contributed by atoms with E-state index >= 15 is 0 Å². The maximum Gasteiger partial charge on any atom is 0.140 e. The van der Waals surface area contributed by atoms with Gasteiger partial charge in [0.05, 0.1) is 24.0 Å². The molecule has 3 aromatic rings. The molecule has 22 heavy (non-hydrogen) atoms. The summed E-state index contributed by atoms with van der Waals surface area (Å²) in [4.78, 5) is 15.6. The van der Waals surface area contributed by atoms with Crippen LogP contribution in [0.25, 0.3) is 10.9 Å². The van der Waals surface area contributed by atoms with Crippen molar-refractivity contribution in [3.63, 3.8) is 0 Å². The predicted molar refractivity (Wildman–Crippen MR) is 84.9 cm³/mol. The Hall–Kier alpha value is -2.50. The summed E-state index contributed by atoms with van der Waals surface area (Å²) < 4.78 is 2.08. The van der Waals surface area contributed by atoms with Crippen molar-refractivity contribution in [1.82, 2.24) is 24.7 Å². The minimum absolute atomic E-state index is 0.404. The first kappa shape index (κ1) is 13.2. The Balaban J connectivity index is 1.68. The standard InChI is InChI=1S/C16H18N6/c1-11-7-18-22(9-11)13-4-6-21(10-13)16-14-3-5-17-8-15(14)19-12(2)20-16/h3,5,7-9,13H,4,6,10H2,1-2H3. The normalized spacial score (nSPS) is 18.3. The Labute approximate surface area is 128 Å². The van der Waals surface area contributed by atoms with Crippen LogP contribution in [0.2, 0.25) is 0 Å². The molecule has 0 spiro atoms. The fourth-order valence-electron chi connectivity index (χ4n) is 3.10. The third kappa shape index (κ3) is 2.20. The van der Waals surface area contributed by atoms with Crippen molar-refractivity contribution < 1.29 is 0 Å². The van der Waals surface area contributed by atoms with Gasteiger partial charge >= 0.3 is 0 Å². The van der Waals surface area contributed by atoms with Gasteiger partial charge in [-0.1, -0.05) is 0 Å². The lowest BCUT2D eigenvalue weighted by atomic mass is 10.2. The van der Waals surface area contributed by atoms with E-state index in [1.807, 2.05) is 19.2 Å². The molecule has 1 fully saturated rings. The summed E-state index contributed by atoms with van der Waals surface area (Å²) in [6.07, 6.45) is 8.71. The van der Waals surface area contributed by atoms with E-state index in [2.05, 4.69) is 42.8 Å². The highest BCUT2D eigenvalue weighted by atomic mass is 15.3. The van der Waals surface area contributed by atoms with E-state index in [1.54, 1.807) is 12.4 Å². The Kier molecular flexibility index (Phi) is 3.03. The highest BCUT2D eigenvalue weighted by molar-refractivity contribution is 5.88. The molecule has 0 aliphatic carbocycles. The molecule has 3 aromatic heterocycles. The Morgan fingerprint density at radius 2 is 2.09 bits per heavy atom. The third-order valence-corrected chi connectivity index (χ3v) is 4.16. The van der Waals surface area contributed by atoms with E-state index in [4.69, 9.17) is 0 Å². The zero-order chi connectivity index (χ0) is 15.1. The summed E-state index contributed by atoms with van der Waals surface area (Å²) in [7, 11) is 0. The Morgan fingerprint density at radius 3 is 2.91 bits per heavy atom. The van der Waals surface area contributed by atoms with Gasteiger partial charge in [0.25, 0.3) is 0 Å². The number of anilines is 1. The van der Waals surface area contributed by atoms with Crippen LogP contribution >= 0.6 is 0 Å². The van der Waals surface area contributed by atoms with E-state index in [1.165, 1.54) is 5.56 Å². The van der Waals surface area contributed by atoms with Gasteiger partial charge in [-0.3, -0.25) is 9.67 Å². The number of aryl methyl sites for hydroxylation is 2. The van der Waals surface area contributed by atoms with Gasteiger partial charge in [-0.2, -0.15) is 5.10 Å². The van der Waals surface area contributed by atoms with Gasteiger partial charge in [0.1, 0.15) is 11.6 Å². The van der Waals surface area contributed by atoms with E-state index in [0.717, 1.165) is 42.1 Å². The van der Waals surface area contributed by atoms with Gasteiger partial charge in [-0.25, -0.2) is 9.97 Å². The van der Waals surface area contributed by atoms with Crippen molar-refractivity contribution in [3.8, 4) is 0 Å². The molecule has 1 aliphatic rings. The van der Waals surface area contributed by atoms with Gasteiger partial charge < -0.3 is 4.90 Å². The second-order valence-corrected chi connectivity index (χ2v) is 5.87. The van der Waals surface area contributed by atoms with Crippen LogP contribution in [0.15, 0.2) is 30.9 Å². The minimum atomic E-state index is 0.404. The maximum atomic E-state index is 4.67. The SMILES string of the molecule is Cc1cnn(C2CCN(c3nc(C)nc4cnccc34)C2)c1. The lowest BCUT2D eigenvalue weighted by molar-refractivity contribution is 0.494. The van der Waals surface area contributed by atoms with Crippen molar-refractivity contribution in [2.75, 3.05) is 18.0 Å². The zero-order valence-corrected chi connectivity index (χ0v) is 12.8. The molecule has 1 aliphatic heterocycles. The molecule has 1 unspecified atom stereocenters. The van der Waals surface area contributed by atoms with Crippen molar-refractivity contribution in [2.45, 2.75) is 26.3 Å². The quantitative estimate of drug-likeness (QED) is 0.725. The van der Waals surface area contributed by atoms with Gasteiger partial charge in [0.2, 0.25) is 0 Å². The van der Waals surface area contributed by atoms with Crippen LogP contribution in [0.3, 0.4) is 0 Å². The fraction of sp³-hybridized carbons (Fsp3) is 0.375. The molecule has 6 nitrogen and oxygen atoms in total. The highest BCUT2D eigenvalue weighted by Gasteiger charge is 2.26. The zero-order valence-electron chi connectivity index (χ0n) is 12.8. The highest BCUT2D eigenvalue weighted by Crippen LogP contribution is 2.30. The second kappa shape index (κ2) is 5.05. The first-order chi connectivity index (χ1) is 10.7.